The Bertz CT molecular complexity index is 717. The molecule has 0 aliphatic heterocycles. The molecule has 0 amide bonds. The van der Waals surface area contributed by atoms with Gasteiger partial charge < -0.3 is 5.32 Å². The van der Waals surface area contributed by atoms with E-state index in [1.807, 2.05) is 6.07 Å². The monoisotopic (exact) mass is 325 g/mol. The molecule has 1 heterocycles. The van der Waals surface area contributed by atoms with Crippen LogP contribution in [0, 0.1) is 0 Å². The molecule has 1 unspecified atom stereocenters. The summed E-state index contributed by atoms with van der Waals surface area (Å²) in [5.74, 6) is 0.605. The molecule has 0 fully saturated rings. The van der Waals surface area contributed by atoms with Crippen LogP contribution >= 0.6 is 11.6 Å². The van der Waals surface area contributed by atoms with E-state index in [2.05, 4.69) is 15.0 Å². The van der Waals surface area contributed by atoms with Crippen LogP contribution in [-0.2, 0) is 10.0 Å². The summed E-state index contributed by atoms with van der Waals surface area (Å²) in [6.07, 6.45) is 1.31. The number of nitrogens with one attached hydrogen (secondary N) is 2. The molecule has 112 valence electrons. The maximum atomic E-state index is 12.3. The molecule has 0 saturated heterocycles. The van der Waals surface area contributed by atoms with Crippen LogP contribution < -0.4 is 10.0 Å². The van der Waals surface area contributed by atoms with E-state index in [9.17, 15) is 8.42 Å². The molecule has 0 aliphatic rings. The van der Waals surface area contributed by atoms with E-state index >= 15 is 0 Å². The second-order valence-electron chi connectivity index (χ2n) is 4.49. The van der Waals surface area contributed by atoms with E-state index in [0.717, 1.165) is 5.56 Å². The van der Waals surface area contributed by atoms with Crippen LogP contribution in [0.4, 0.5) is 5.82 Å². The fourth-order valence-electron chi connectivity index (χ4n) is 1.88. The minimum absolute atomic E-state index is 0.111. The predicted molar refractivity (Wildman–Crippen MR) is 84.0 cm³/mol. The maximum Gasteiger partial charge on any atom is 0.242 e. The van der Waals surface area contributed by atoms with Crippen molar-refractivity contribution in [3.63, 3.8) is 0 Å². The lowest BCUT2D eigenvalue weighted by Gasteiger charge is -2.16. The van der Waals surface area contributed by atoms with Gasteiger partial charge >= 0.3 is 0 Å². The molecule has 1 aromatic carbocycles. The Kier molecular flexibility index (Phi) is 4.82. The van der Waals surface area contributed by atoms with Gasteiger partial charge in [0.15, 0.2) is 0 Å². The molecule has 2 aromatic rings. The highest BCUT2D eigenvalue weighted by Crippen LogP contribution is 2.24. The Morgan fingerprint density at radius 3 is 2.48 bits per heavy atom. The number of nitrogens with zero attached hydrogens (tertiary/aromatic N) is 1. The SMILES string of the molecule is CNc1ccc(S(=O)(=O)NC(C)c2ccccc2Cl)cn1. The van der Waals surface area contributed by atoms with Gasteiger partial charge in [0.2, 0.25) is 10.0 Å². The summed E-state index contributed by atoms with van der Waals surface area (Å²) in [6, 6.07) is 9.80. The van der Waals surface area contributed by atoms with E-state index in [-0.39, 0.29) is 4.90 Å². The zero-order valence-electron chi connectivity index (χ0n) is 11.7. The lowest BCUT2D eigenvalue weighted by Crippen LogP contribution is -2.27. The highest BCUT2D eigenvalue weighted by molar-refractivity contribution is 7.89. The average molecular weight is 326 g/mol. The zero-order valence-corrected chi connectivity index (χ0v) is 13.2. The molecule has 0 spiro atoms. The van der Waals surface area contributed by atoms with Crippen LogP contribution in [0.25, 0.3) is 0 Å². The summed E-state index contributed by atoms with van der Waals surface area (Å²) in [7, 11) is -1.93. The number of benzene rings is 1. The lowest BCUT2D eigenvalue weighted by molar-refractivity contribution is 0.566. The number of sulfonamides is 1. The van der Waals surface area contributed by atoms with Gasteiger partial charge in [0.05, 0.1) is 0 Å². The topological polar surface area (TPSA) is 71.1 Å². The molecule has 5 nitrogen and oxygen atoms in total. The normalized spacial score (nSPS) is 12.9. The fraction of sp³-hybridized carbons (Fsp3) is 0.214. The third-order valence-corrected chi connectivity index (χ3v) is 4.88. The first-order chi connectivity index (χ1) is 9.94. The van der Waals surface area contributed by atoms with Crippen molar-refractivity contribution in [1.82, 2.24) is 9.71 Å². The van der Waals surface area contributed by atoms with Crippen LogP contribution in [0.2, 0.25) is 5.02 Å². The van der Waals surface area contributed by atoms with Gasteiger partial charge in [0.25, 0.3) is 0 Å². The van der Waals surface area contributed by atoms with Crippen LogP contribution in [-0.4, -0.2) is 20.4 Å². The highest BCUT2D eigenvalue weighted by Gasteiger charge is 2.20. The molecular weight excluding hydrogens is 310 g/mol. The van der Waals surface area contributed by atoms with Gasteiger partial charge in [-0.3, -0.25) is 0 Å². The van der Waals surface area contributed by atoms with E-state index in [4.69, 9.17) is 11.6 Å². The second kappa shape index (κ2) is 6.43. The highest BCUT2D eigenvalue weighted by atomic mass is 35.5. The van der Waals surface area contributed by atoms with Crippen LogP contribution in [0.1, 0.15) is 18.5 Å². The third kappa shape index (κ3) is 3.72. The molecule has 0 aliphatic carbocycles. The first-order valence-corrected chi connectivity index (χ1v) is 8.20. The molecule has 2 N–H and O–H groups in total. The van der Waals surface area contributed by atoms with E-state index in [0.29, 0.717) is 10.8 Å². The maximum absolute atomic E-state index is 12.3. The minimum Gasteiger partial charge on any atom is -0.373 e. The largest absolute Gasteiger partial charge is 0.373 e. The molecular formula is C14H16ClN3O2S. The number of anilines is 1. The minimum atomic E-state index is -3.65. The number of hydrogen-bond acceptors (Lipinski definition) is 4. The van der Waals surface area contributed by atoms with Crippen LogP contribution in [0.15, 0.2) is 47.5 Å². The average Bonchev–Trinajstić information content (AvgIpc) is 2.47. The molecule has 21 heavy (non-hydrogen) atoms. The van der Waals surface area contributed by atoms with Gasteiger partial charge in [0.1, 0.15) is 10.7 Å². The van der Waals surface area contributed by atoms with Crippen molar-refractivity contribution in [3.05, 3.63) is 53.2 Å². The smallest absolute Gasteiger partial charge is 0.242 e. The predicted octanol–water partition coefficient (Wildman–Crippen LogP) is 2.82. The number of rotatable bonds is 5. The Hall–Kier alpha value is -1.63. The quantitative estimate of drug-likeness (QED) is 0.886. The first kappa shape index (κ1) is 15.8. The Labute approximate surface area is 129 Å². The number of hydrogen-bond donors (Lipinski definition) is 2. The van der Waals surface area contributed by atoms with Crippen molar-refractivity contribution >= 4 is 27.4 Å². The third-order valence-electron chi connectivity index (χ3n) is 3.01. The molecule has 0 saturated carbocycles. The standard InChI is InChI=1S/C14H16ClN3O2S/c1-10(12-5-3-4-6-13(12)15)18-21(19,20)11-7-8-14(16-2)17-9-11/h3-10,18H,1-2H3,(H,16,17). The number of pyridine rings is 1. The summed E-state index contributed by atoms with van der Waals surface area (Å²) in [5.41, 5.74) is 0.725. The van der Waals surface area contributed by atoms with Crippen molar-refractivity contribution in [2.45, 2.75) is 17.9 Å². The lowest BCUT2D eigenvalue weighted by atomic mass is 10.1. The summed E-state index contributed by atoms with van der Waals surface area (Å²) in [5, 5.41) is 3.36. The van der Waals surface area contributed by atoms with Crippen LogP contribution in [0.5, 0.6) is 0 Å². The van der Waals surface area contributed by atoms with E-state index < -0.39 is 16.1 Å². The van der Waals surface area contributed by atoms with Gasteiger partial charge in [-0.25, -0.2) is 18.1 Å². The van der Waals surface area contributed by atoms with Crippen molar-refractivity contribution in [2.24, 2.45) is 0 Å². The molecule has 0 radical (unpaired) electrons. The molecule has 2 rings (SSSR count). The van der Waals surface area contributed by atoms with Crippen molar-refractivity contribution in [3.8, 4) is 0 Å². The van der Waals surface area contributed by atoms with E-state index in [1.165, 1.54) is 12.3 Å². The van der Waals surface area contributed by atoms with Crippen molar-refractivity contribution in [2.75, 3.05) is 12.4 Å². The van der Waals surface area contributed by atoms with Crippen molar-refractivity contribution < 1.29 is 8.42 Å². The Balaban J connectivity index is 2.22. The van der Waals surface area contributed by atoms with Gasteiger partial charge in [0, 0.05) is 24.3 Å². The van der Waals surface area contributed by atoms with Crippen LogP contribution in [0.3, 0.4) is 0 Å². The molecule has 0 bridgehead atoms. The zero-order chi connectivity index (χ0) is 15.5. The first-order valence-electron chi connectivity index (χ1n) is 6.34. The molecule has 1 atom stereocenters. The summed E-state index contributed by atoms with van der Waals surface area (Å²) < 4.78 is 27.2. The molecule has 7 heteroatoms. The van der Waals surface area contributed by atoms with Gasteiger partial charge in [-0.2, -0.15) is 0 Å². The van der Waals surface area contributed by atoms with Gasteiger partial charge in [-0.1, -0.05) is 29.8 Å². The summed E-state index contributed by atoms with van der Waals surface area (Å²) in [4.78, 5) is 4.12. The van der Waals surface area contributed by atoms with Gasteiger partial charge in [-0.05, 0) is 30.7 Å². The van der Waals surface area contributed by atoms with Gasteiger partial charge in [-0.15, -0.1) is 0 Å². The Morgan fingerprint density at radius 1 is 1.19 bits per heavy atom. The number of aromatic nitrogens is 1. The fourth-order valence-corrected chi connectivity index (χ4v) is 3.34. The van der Waals surface area contributed by atoms with E-state index in [1.54, 1.807) is 38.2 Å². The summed E-state index contributed by atoms with van der Waals surface area (Å²) in [6.45, 7) is 1.74. The number of halogens is 1. The Morgan fingerprint density at radius 2 is 1.90 bits per heavy atom. The van der Waals surface area contributed by atoms with Crippen molar-refractivity contribution in [1.29, 1.82) is 0 Å². The summed E-state index contributed by atoms with van der Waals surface area (Å²) >= 11 is 6.08. The molecule has 1 aromatic heterocycles. The second-order valence-corrected chi connectivity index (χ2v) is 6.61.